The standard InChI is InChI=1S/C20H21NO4/c1-25-18-8-3-2-7-17(18)13-5-4-6-16(12-13)21-19(22)14-9-10-15(11-14)20(23)24/h2-8,12,14-15H,9-11H2,1H3,(H,21,22)(H,23,24)/t14-,15+/m1/s1. The molecule has 2 atom stereocenters. The SMILES string of the molecule is COc1ccccc1-c1cccc(NC(=O)[C@@H]2CC[C@H](C(=O)O)C2)c1. The monoisotopic (exact) mass is 339 g/mol. The number of aliphatic carboxylic acids is 1. The van der Waals surface area contributed by atoms with Crippen molar-refractivity contribution in [2.75, 3.05) is 12.4 Å². The van der Waals surface area contributed by atoms with Gasteiger partial charge in [0.05, 0.1) is 13.0 Å². The molecule has 0 saturated heterocycles. The lowest BCUT2D eigenvalue weighted by Gasteiger charge is -2.13. The topological polar surface area (TPSA) is 75.6 Å². The van der Waals surface area contributed by atoms with Gasteiger partial charge in [-0.05, 0) is 43.0 Å². The zero-order valence-corrected chi connectivity index (χ0v) is 14.1. The number of nitrogens with one attached hydrogen (secondary N) is 1. The molecular weight excluding hydrogens is 318 g/mol. The van der Waals surface area contributed by atoms with E-state index >= 15 is 0 Å². The van der Waals surface area contributed by atoms with Crippen molar-refractivity contribution in [3.05, 3.63) is 48.5 Å². The van der Waals surface area contributed by atoms with E-state index in [1.54, 1.807) is 7.11 Å². The van der Waals surface area contributed by atoms with Crippen molar-refractivity contribution in [2.45, 2.75) is 19.3 Å². The summed E-state index contributed by atoms with van der Waals surface area (Å²) in [6, 6.07) is 15.3. The highest BCUT2D eigenvalue weighted by Crippen LogP contribution is 2.33. The van der Waals surface area contributed by atoms with Crippen molar-refractivity contribution in [3.63, 3.8) is 0 Å². The fourth-order valence-electron chi connectivity index (χ4n) is 3.34. The second-order valence-corrected chi connectivity index (χ2v) is 6.32. The first-order chi connectivity index (χ1) is 12.1. The van der Waals surface area contributed by atoms with Gasteiger partial charge in [0.25, 0.3) is 0 Å². The first-order valence-electron chi connectivity index (χ1n) is 8.35. The zero-order valence-electron chi connectivity index (χ0n) is 14.1. The minimum atomic E-state index is -0.812. The second kappa shape index (κ2) is 7.38. The van der Waals surface area contributed by atoms with E-state index in [0.717, 1.165) is 16.9 Å². The van der Waals surface area contributed by atoms with Crippen LogP contribution in [-0.4, -0.2) is 24.1 Å². The number of hydrogen-bond acceptors (Lipinski definition) is 3. The molecule has 1 aliphatic carbocycles. The van der Waals surface area contributed by atoms with E-state index < -0.39 is 11.9 Å². The zero-order chi connectivity index (χ0) is 17.8. The molecule has 0 heterocycles. The second-order valence-electron chi connectivity index (χ2n) is 6.32. The predicted octanol–water partition coefficient (Wildman–Crippen LogP) is 3.80. The van der Waals surface area contributed by atoms with Crippen LogP contribution in [0.5, 0.6) is 5.75 Å². The molecular formula is C20H21NO4. The lowest BCUT2D eigenvalue weighted by Crippen LogP contribution is -2.21. The average molecular weight is 339 g/mol. The molecule has 1 amide bonds. The van der Waals surface area contributed by atoms with Crippen LogP contribution in [0.25, 0.3) is 11.1 Å². The summed E-state index contributed by atoms with van der Waals surface area (Å²) in [5.74, 6) is -0.799. The van der Waals surface area contributed by atoms with Crippen LogP contribution in [0.3, 0.4) is 0 Å². The highest BCUT2D eigenvalue weighted by atomic mass is 16.5. The van der Waals surface area contributed by atoms with E-state index in [1.807, 2.05) is 48.5 Å². The highest BCUT2D eigenvalue weighted by molar-refractivity contribution is 5.94. The van der Waals surface area contributed by atoms with Crippen molar-refractivity contribution in [1.82, 2.24) is 0 Å². The number of rotatable bonds is 5. The number of carbonyl (C=O) groups is 2. The van der Waals surface area contributed by atoms with E-state index in [9.17, 15) is 9.59 Å². The summed E-state index contributed by atoms with van der Waals surface area (Å²) in [5, 5.41) is 12.0. The van der Waals surface area contributed by atoms with Gasteiger partial charge in [-0.3, -0.25) is 9.59 Å². The van der Waals surface area contributed by atoms with Crippen molar-refractivity contribution >= 4 is 17.6 Å². The van der Waals surface area contributed by atoms with Gasteiger partial charge in [-0.25, -0.2) is 0 Å². The van der Waals surface area contributed by atoms with Gasteiger partial charge in [0.2, 0.25) is 5.91 Å². The van der Waals surface area contributed by atoms with E-state index in [0.29, 0.717) is 24.9 Å². The first kappa shape index (κ1) is 17.0. The Bertz CT molecular complexity index is 787. The first-order valence-corrected chi connectivity index (χ1v) is 8.35. The Hall–Kier alpha value is -2.82. The Morgan fingerprint density at radius 2 is 1.84 bits per heavy atom. The predicted molar refractivity (Wildman–Crippen MR) is 95.5 cm³/mol. The van der Waals surface area contributed by atoms with Gasteiger partial charge in [0.15, 0.2) is 0 Å². The van der Waals surface area contributed by atoms with Crippen molar-refractivity contribution in [1.29, 1.82) is 0 Å². The molecule has 3 rings (SSSR count). The summed E-state index contributed by atoms with van der Waals surface area (Å²) < 4.78 is 5.39. The van der Waals surface area contributed by atoms with E-state index in [-0.39, 0.29) is 11.8 Å². The third-order valence-electron chi connectivity index (χ3n) is 4.70. The van der Waals surface area contributed by atoms with Crippen LogP contribution in [0.1, 0.15) is 19.3 Å². The largest absolute Gasteiger partial charge is 0.496 e. The summed E-state index contributed by atoms with van der Waals surface area (Å²) in [7, 11) is 1.63. The molecule has 2 aromatic carbocycles. The molecule has 2 N–H and O–H groups in total. The smallest absolute Gasteiger partial charge is 0.306 e. The van der Waals surface area contributed by atoms with Crippen LogP contribution in [0.15, 0.2) is 48.5 Å². The van der Waals surface area contributed by atoms with Crippen LogP contribution in [0.4, 0.5) is 5.69 Å². The Labute approximate surface area is 146 Å². The van der Waals surface area contributed by atoms with Gasteiger partial charge in [-0.2, -0.15) is 0 Å². The van der Waals surface area contributed by atoms with E-state index in [4.69, 9.17) is 9.84 Å². The van der Waals surface area contributed by atoms with E-state index in [2.05, 4.69) is 5.32 Å². The van der Waals surface area contributed by atoms with Crippen LogP contribution in [0, 0.1) is 11.8 Å². The molecule has 0 aliphatic heterocycles. The minimum absolute atomic E-state index is 0.110. The number of hydrogen-bond donors (Lipinski definition) is 2. The number of para-hydroxylation sites is 1. The molecule has 0 unspecified atom stereocenters. The number of carboxylic acids is 1. The van der Waals surface area contributed by atoms with Crippen LogP contribution < -0.4 is 10.1 Å². The van der Waals surface area contributed by atoms with Gasteiger partial charge in [0.1, 0.15) is 5.75 Å². The molecule has 5 heteroatoms. The Morgan fingerprint density at radius 1 is 1.08 bits per heavy atom. The molecule has 1 fully saturated rings. The molecule has 0 spiro atoms. The molecule has 0 bridgehead atoms. The Kier molecular flexibility index (Phi) is 5.03. The number of benzene rings is 2. The van der Waals surface area contributed by atoms with Gasteiger partial charge in [-0.15, -0.1) is 0 Å². The molecule has 0 radical (unpaired) electrons. The quantitative estimate of drug-likeness (QED) is 0.869. The highest BCUT2D eigenvalue weighted by Gasteiger charge is 2.33. The molecule has 1 saturated carbocycles. The normalized spacial score (nSPS) is 19.4. The van der Waals surface area contributed by atoms with Crippen LogP contribution in [-0.2, 0) is 9.59 Å². The summed E-state index contributed by atoms with van der Waals surface area (Å²) in [6.07, 6.45) is 1.59. The van der Waals surface area contributed by atoms with Crippen molar-refractivity contribution < 1.29 is 19.4 Å². The van der Waals surface area contributed by atoms with Crippen molar-refractivity contribution in [2.24, 2.45) is 11.8 Å². The third-order valence-corrected chi connectivity index (χ3v) is 4.70. The fourth-order valence-corrected chi connectivity index (χ4v) is 3.34. The van der Waals surface area contributed by atoms with Gasteiger partial charge < -0.3 is 15.2 Å². The number of carboxylic acid groups (broad SMARTS) is 1. The maximum atomic E-state index is 12.4. The summed E-state index contributed by atoms with van der Waals surface area (Å²) >= 11 is 0. The Balaban J connectivity index is 1.74. The summed E-state index contributed by atoms with van der Waals surface area (Å²) in [4.78, 5) is 23.5. The molecule has 1 aliphatic rings. The number of carbonyl (C=O) groups excluding carboxylic acids is 1. The van der Waals surface area contributed by atoms with E-state index in [1.165, 1.54) is 0 Å². The number of ether oxygens (including phenoxy) is 1. The number of amides is 1. The van der Waals surface area contributed by atoms with Crippen LogP contribution >= 0.6 is 0 Å². The molecule has 5 nitrogen and oxygen atoms in total. The van der Waals surface area contributed by atoms with Gasteiger partial charge >= 0.3 is 5.97 Å². The lowest BCUT2D eigenvalue weighted by atomic mass is 10.0. The molecule has 130 valence electrons. The fraction of sp³-hybridized carbons (Fsp3) is 0.300. The maximum Gasteiger partial charge on any atom is 0.306 e. The molecule has 25 heavy (non-hydrogen) atoms. The van der Waals surface area contributed by atoms with Crippen molar-refractivity contribution in [3.8, 4) is 16.9 Å². The Morgan fingerprint density at radius 3 is 2.56 bits per heavy atom. The maximum absolute atomic E-state index is 12.4. The van der Waals surface area contributed by atoms with Gasteiger partial charge in [-0.1, -0.05) is 30.3 Å². The summed E-state index contributed by atoms with van der Waals surface area (Å²) in [5.41, 5.74) is 2.60. The van der Waals surface area contributed by atoms with Crippen LogP contribution in [0.2, 0.25) is 0 Å². The molecule has 2 aromatic rings. The average Bonchev–Trinajstić information content (AvgIpc) is 3.12. The van der Waals surface area contributed by atoms with Gasteiger partial charge in [0, 0.05) is 17.2 Å². The summed E-state index contributed by atoms with van der Waals surface area (Å²) in [6.45, 7) is 0. The minimum Gasteiger partial charge on any atom is -0.496 e. The third kappa shape index (κ3) is 3.82. The number of methoxy groups -OCH3 is 1. The molecule has 0 aromatic heterocycles. The lowest BCUT2D eigenvalue weighted by molar-refractivity contribution is -0.141. The number of anilines is 1.